The number of urea groups is 1. The standard InChI is InChI=1S/C22H18ClFN4O4/c23-16-10-14(3-4-17(16)24)26-22(32)25-11-12-1-2-13-7-8-28(21(31)15(13)9-12)18-5-6-19(29)27-20(18)30/h1-4,7-10,18H,5-6,11H2,(H2,25,26,32)(H,27,29,30). The Hall–Kier alpha value is -3.72. The smallest absolute Gasteiger partial charge is 0.319 e. The van der Waals surface area contributed by atoms with E-state index in [1.807, 2.05) is 0 Å². The number of nitrogens with one attached hydrogen (secondary N) is 3. The van der Waals surface area contributed by atoms with Gasteiger partial charge in [-0.3, -0.25) is 19.7 Å². The first-order valence-electron chi connectivity index (χ1n) is 9.79. The lowest BCUT2D eigenvalue weighted by atomic mass is 10.0. The van der Waals surface area contributed by atoms with E-state index >= 15 is 0 Å². The third kappa shape index (κ3) is 4.47. The minimum Gasteiger partial charge on any atom is -0.334 e. The Bertz CT molecular complexity index is 1310. The second-order valence-corrected chi connectivity index (χ2v) is 7.76. The minimum absolute atomic E-state index is 0.107. The van der Waals surface area contributed by atoms with E-state index in [2.05, 4.69) is 16.0 Å². The number of benzene rings is 2. The van der Waals surface area contributed by atoms with Gasteiger partial charge < -0.3 is 15.2 Å². The molecule has 0 saturated carbocycles. The lowest BCUT2D eigenvalue weighted by Crippen LogP contribution is -2.44. The molecule has 4 amide bonds. The van der Waals surface area contributed by atoms with Crippen molar-refractivity contribution in [2.45, 2.75) is 25.4 Å². The number of amides is 4. The van der Waals surface area contributed by atoms with Crippen LogP contribution in [0.1, 0.15) is 24.4 Å². The van der Waals surface area contributed by atoms with Crippen LogP contribution in [0.15, 0.2) is 53.5 Å². The van der Waals surface area contributed by atoms with E-state index in [4.69, 9.17) is 11.6 Å². The first-order chi connectivity index (χ1) is 15.3. The normalized spacial score (nSPS) is 16.0. The van der Waals surface area contributed by atoms with Crippen LogP contribution in [0, 0.1) is 5.82 Å². The Kier molecular flexibility index (Phi) is 5.91. The van der Waals surface area contributed by atoms with Crippen molar-refractivity contribution in [1.29, 1.82) is 0 Å². The summed E-state index contributed by atoms with van der Waals surface area (Å²) in [6.45, 7) is 0.128. The number of nitrogens with zero attached hydrogens (tertiary/aromatic N) is 1. The SMILES string of the molecule is O=C1CCC(n2ccc3ccc(CNC(=O)Nc4ccc(F)c(Cl)c4)cc3c2=O)C(=O)N1. The molecule has 32 heavy (non-hydrogen) atoms. The summed E-state index contributed by atoms with van der Waals surface area (Å²) in [7, 11) is 0. The number of anilines is 1. The molecular weight excluding hydrogens is 439 g/mol. The predicted octanol–water partition coefficient (Wildman–Crippen LogP) is 3.09. The van der Waals surface area contributed by atoms with E-state index in [1.54, 1.807) is 30.5 Å². The second kappa shape index (κ2) is 8.80. The maximum Gasteiger partial charge on any atom is 0.319 e. The fourth-order valence-electron chi connectivity index (χ4n) is 3.54. The summed E-state index contributed by atoms with van der Waals surface area (Å²) in [5, 5.41) is 8.43. The van der Waals surface area contributed by atoms with Crippen LogP contribution in [0.25, 0.3) is 10.8 Å². The molecule has 0 radical (unpaired) electrons. The minimum atomic E-state index is -0.750. The number of pyridine rings is 1. The third-order valence-electron chi connectivity index (χ3n) is 5.17. The molecule has 0 spiro atoms. The molecule has 2 heterocycles. The highest BCUT2D eigenvalue weighted by Crippen LogP contribution is 2.20. The molecule has 0 aliphatic carbocycles. The van der Waals surface area contributed by atoms with Gasteiger partial charge in [-0.1, -0.05) is 23.7 Å². The van der Waals surface area contributed by atoms with Gasteiger partial charge in [0.1, 0.15) is 11.9 Å². The molecule has 3 aromatic rings. The number of imide groups is 1. The summed E-state index contributed by atoms with van der Waals surface area (Å²) in [6.07, 6.45) is 1.97. The zero-order valence-corrected chi connectivity index (χ0v) is 17.4. The van der Waals surface area contributed by atoms with Gasteiger partial charge in [0.15, 0.2) is 0 Å². The van der Waals surface area contributed by atoms with E-state index in [0.717, 1.165) is 6.07 Å². The van der Waals surface area contributed by atoms with Crippen LogP contribution in [-0.4, -0.2) is 22.4 Å². The lowest BCUT2D eigenvalue weighted by molar-refractivity contribution is -0.135. The van der Waals surface area contributed by atoms with Crippen LogP contribution >= 0.6 is 11.6 Å². The fraction of sp³-hybridized carbons (Fsp3) is 0.182. The predicted molar refractivity (Wildman–Crippen MR) is 117 cm³/mol. The molecule has 1 aliphatic heterocycles. The zero-order valence-electron chi connectivity index (χ0n) is 16.7. The van der Waals surface area contributed by atoms with Crippen molar-refractivity contribution < 1.29 is 18.8 Å². The summed E-state index contributed by atoms with van der Waals surface area (Å²) in [6, 6.07) is 9.44. The number of halogens is 2. The van der Waals surface area contributed by atoms with Gasteiger partial charge in [-0.2, -0.15) is 0 Å². The summed E-state index contributed by atoms with van der Waals surface area (Å²) >= 11 is 5.71. The summed E-state index contributed by atoms with van der Waals surface area (Å²) in [5.74, 6) is -1.44. The number of carbonyl (C=O) groups excluding carboxylic acids is 3. The quantitative estimate of drug-likeness (QED) is 0.524. The van der Waals surface area contributed by atoms with Gasteiger partial charge in [0.2, 0.25) is 11.8 Å². The number of hydrogen-bond acceptors (Lipinski definition) is 4. The first-order valence-corrected chi connectivity index (χ1v) is 10.2. The Morgan fingerprint density at radius 1 is 1.16 bits per heavy atom. The van der Waals surface area contributed by atoms with Crippen LogP contribution in [0.4, 0.5) is 14.9 Å². The molecule has 1 aliphatic rings. The summed E-state index contributed by atoms with van der Waals surface area (Å²) in [5.41, 5.74) is 0.645. The highest BCUT2D eigenvalue weighted by molar-refractivity contribution is 6.31. The van der Waals surface area contributed by atoms with Crippen LogP contribution in [0.2, 0.25) is 5.02 Å². The van der Waals surface area contributed by atoms with Gasteiger partial charge in [-0.05, 0) is 47.7 Å². The Balaban J connectivity index is 1.50. The number of fused-ring (bicyclic) bond motifs is 1. The van der Waals surface area contributed by atoms with Crippen LogP contribution in [0.3, 0.4) is 0 Å². The van der Waals surface area contributed by atoms with Gasteiger partial charge >= 0.3 is 6.03 Å². The van der Waals surface area contributed by atoms with Crippen LogP contribution < -0.4 is 21.5 Å². The molecule has 1 aromatic heterocycles. The molecule has 3 N–H and O–H groups in total. The van der Waals surface area contributed by atoms with Crippen molar-refractivity contribution in [1.82, 2.24) is 15.2 Å². The molecule has 10 heteroatoms. The highest BCUT2D eigenvalue weighted by Gasteiger charge is 2.28. The molecule has 1 unspecified atom stereocenters. The largest absolute Gasteiger partial charge is 0.334 e. The average molecular weight is 457 g/mol. The number of hydrogen-bond donors (Lipinski definition) is 3. The van der Waals surface area contributed by atoms with Crippen molar-refractivity contribution in [3.05, 3.63) is 75.4 Å². The van der Waals surface area contributed by atoms with E-state index in [9.17, 15) is 23.6 Å². The molecule has 4 rings (SSSR count). The Morgan fingerprint density at radius 3 is 2.72 bits per heavy atom. The molecule has 0 bridgehead atoms. The number of piperidine rings is 1. The van der Waals surface area contributed by atoms with Crippen LogP contribution in [-0.2, 0) is 16.1 Å². The van der Waals surface area contributed by atoms with E-state index in [1.165, 1.54) is 16.7 Å². The third-order valence-corrected chi connectivity index (χ3v) is 5.46. The molecule has 1 saturated heterocycles. The number of aromatic nitrogens is 1. The van der Waals surface area contributed by atoms with E-state index in [0.29, 0.717) is 22.0 Å². The van der Waals surface area contributed by atoms with Crippen LogP contribution in [0.5, 0.6) is 0 Å². The summed E-state index contributed by atoms with van der Waals surface area (Å²) in [4.78, 5) is 48.7. The van der Waals surface area contributed by atoms with Gasteiger partial charge in [-0.15, -0.1) is 0 Å². The van der Waals surface area contributed by atoms with E-state index < -0.39 is 23.8 Å². The molecule has 8 nitrogen and oxygen atoms in total. The van der Waals surface area contributed by atoms with Gasteiger partial charge in [-0.25, -0.2) is 9.18 Å². The lowest BCUT2D eigenvalue weighted by Gasteiger charge is -2.23. The second-order valence-electron chi connectivity index (χ2n) is 7.35. The Labute approximate surface area is 186 Å². The average Bonchev–Trinajstić information content (AvgIpc) is 2.76. The first kappa shape index (κ1) is 21.5. The summed E-state index contributed by atoms with van der Waals surface area (Å²) < 4.78 is 14.6. The van der Waals surface area contributed by atoms with Crippen molar-refractivity contribution in [2.75, 3.05) is 5.32 Å². The maximum atomic E-state index is 13.2. The topological polar surface area (TPSA) is 109 Å². The molecule has 1 fully saturated rings. The van der Waals surface area contributed by atoms with Crippen molar-refractivity contribution in [2.24, 2.45) is 0 Å². The molecule has 2 aromatic carbocycles. The van der Waals surface area contributed by atoms with Gasteiger partial charge in [0, 0.05) is 30.2 Å². The maximum absolute atomic E-state index is 13.2. The van der Waals surface area contributed by atoms with Crippen molar-refractivity contribution in [3.8, 4) is 0 Å². The van der Waals surface area contributed by atoms with Crippen molar-refractivity contribution in [3.63, 3.8) is 0 Å². The molecular formula is C22H18ClFN4O4. The van der Waals surface area contributed by atoms with Crippen molar-refractivity contribution >= 4 is 45.9 Å². The van der Waals surface area contributed by atoms with Gasteiger partial charge in [0.05, 0.1) is 5.02 Å². The number of carbonyl (C=O) groups is 3. The van der Waals surface area contributed by atoms with Gasteiger partial charge in [0.25, 0.3) is 5.56 Å². The molecule has 1 atom stereocenters. The fourth-order valence-corrected chi connectivity index (χ4v) is 3.72. The Morgan fingerprint density at radius 2 is 1.97 bits per heavy atom. The number of rotatable bonds is 4. The monoisotopic (exact) mass is 456 g/mol. The molecule has 164 valence electrons. The zero-order chi connectivity index (χ0) is 22.8. The van der Waals surface area contributed by atoms with E-state index in [-0.39, 0.29) is 35.9 Å². The highest BCUT2D eigenvalue weighted by atomic mass is 35.5.